The van der Waals surface area contributed by atoms with Crippen LogP contribution in [0.5, 0.6) is 11.5 Å². The highest BCUT2D eigenvalue weighted by atomic mass is 16.6. The average molecular weight is 278 g/mol. The summed E-state index contributed by atoms with van der Waals surface area (Å²) in [5.74, 6) is 0.474. The number of carbonyl (C=O) groups is 2. The molecule has 1 aliphatic rings. The third kappa shape index (κ3) is 3.29. The fourth-order valence-electron chi connectivity index (χ4n) is 1.78. The molecule has 1 aliphatic heterocycles. The average Bonchev–Trinajstić information content (AvgIpc) is 2.68. The first-order chi connectivity index (χ1) is 9.26. The second-order valence-electron chi connectivity index (χ2n) is 5.66. The highest BCUT2D eigenvalue weighted by molar-refractivity contribution is 6.02. The maximum absolute atomic E-state index is 11.8. The van der Waals surface area contributed by atoms with Gasteiger partial charge in [0.1, 0.15) is 17.1 Å². The first-order valence-electron chi connectivity index (χ1n) is 6.46. The van der Waals surface area contributed by atoms with E-state index in [1.165, 1.54) is 0 Å². The third-order valence-corrected chi connectivity index (χ3v) is 2.66. The number of Topliss-reactive ketones (excluding diaryl/α,β-unsaturated/α-hetero) is 1. The summed E-state index contributed by atoms with van der Waals surface area (Å²) in [5.41, 5.74) is -0.00963. The van der Waals surface area contributed by atoms with Crippen LogP contribution in [-0.2, 0) is 9.53 Å². The van der Waals surface area contributed by atoms with Crippen LogP contribution in [0.3, 0.4) is 0 Å². The Kier molecular flexibility index (Phi) is 3.70. The van der Waals surface area contributed by atoms with Crippen LogP contribution in [-0.4, -0.2) is 30.1 Å². The minimum Gasteiger partial charge on any atom is -0.485 e. The Bertz CT molecular complexity index is 542. The number of esters is 1. The normalized spacial score (nSPS) is 15.3. The molecule has 0 N–H and O–H groups in total. The topological polar surface area (TPSA) is 61.8 Å². The molecule has 0 aliphatic carbocycles. The molecule has 0 aromatic heterocycles. The molecule has 0 saturated heterocycles. The van der Waals surface area contributed by atoms with E-state index in [0.29, 0.717) is 17.1 Å². The van der Waals surface area contributed by atoms with Gasteiger partial charge < -0.3 is 14.2 Å². The summed E-state index contributed by atoms with van der Waals surface area (Å²) in [6.07, 6.45) is -0.732. The van der Waals surface area contributed by atoms with E-state index in [2.05, 4.69) is 0 Å². The Balaban J connectivity index is 2.04. The van der Waals surface area contributed by atoms with Crippen molar-refractivity contribution in [2.24, 2.45) is 0 Å². The van der Waals surface area contributed by atoms with Crippen molar-refractivity contribution in [3.63, 3.8) is 0 Å². The highest BCUT2D eigenvalue weighted by Gasteiger charge is 2.25. The lowest BCUT2D eigenvalue weighted by molar-refractivity contribution is -0.162. The van der Waals surface area contributed by atoms with Crippen LogP contribution in [0.15, 0.2) is 18.2 Å². The SMILES string of the molecule is CC(Oc1ccc2c(c1)OCC2=O)C(=O)OC(C)(C)C. The van der Waals surface area contributed by atoms with Gasteiger partial charge in [-0.1, -0.05) is 0 Å². The highest BCUT2D eigenvalue weighted by Crippen LogP contribution is 2.30. The predicted octanol–water partition coefficient (Wildman–Crippen LogP) is 2.37. The maximum Gasteiger partial charge on any atom is 0.347 e. The lowest BCUT2D eigenvalue weighted by Crippen LogP contribution is -2.33. The standard InChI is InChI=1S/C15H18O5/c1-9(14(17)20-15(2,3)4)19-10-5-6-11-12(16)8-18-13(11)7-10/h5-7,9H,8H2,1-4H3. The summed E-state index contributed by atoms with van der Waals surface area (Å²) < 4.78 is 16.0. The number of ether oxygens (including phenoxy) is 3. The molecule has 0 spiro atoms. The van der Waals surface area contributed by atoms with Gasteiger partial charge in [0.15, 0.2) is 12.7 Å². The Morgan fingerprint density at radius 1 is 1.35 bits per heavy atom. The molecule has 0 radical (unpaired) electrons. The number of ketones is 1. The van der Waals surface area contributed by atoms with Crippen LogP contribution in [0.2, 0.25) is 0 Å². The second kappa shape index (κ2) is 5.15. The molecular formula is C15H18O5. The Labute approximate surface area is 117 Å². The van der Waals surface area contributed by atoms with Gasteiger partial charge in [0.05, 0.1) is 5.56 Å². The molecule has 2 rings (SSSR count). The van der Waals surface area contributed by atoms with Crippen molar-refractivity contribution in [1.82, 2.24) is 0 Å². The van der Waals surface area contributed by atoms with Crippen molar-refractivity contribution < 1.29 is 23.8 Å². The summed E-state index contributed by atoms with van der Waals surface area (Å²) in [7, 11) is 0. The fraction of sp³-hybridized carbons (Fsp3) is 0.467. The number of rotatable bonds is 3. The summed E-state index contributed by atoms with van der Waals surface area (Å²) in [6.45, 7) is 7.07. The first-order valence-corrected chi connectivity index (χ1v) is 6.46. The van der Waals surface area contributed by atoms with E-state index in [4.69, 9.17) is 14.2 Å². The van der Waals surface area contributed by atoms with Gasteiger partial charge in [-0.2, -0.15) is 0 Å². The van der Waals surface area contributed by atoms with Crippen LogP contribution >= 0.6 is 0 Å². The van der Waals surface area contributed by atoms with Crippen molar-refractivity contribution in [3.8, 4) is 11.5 Å². The largest absolute Gasteiger partial charge is 0.485 e. The number of hydrogen-bond acceptors (Lipinski definition) is 5. The van der Waals surface area contributed by atoms with E-state index < -0.39 is 17.7 Å². The lowest BCUT2D eigenvalue weighted by atomic mass is 10.1. The summed E-state index contributed by atoms with van der Waals surface area (Å²) in [5, 5.41) is 0. The van der Waals surface area contributed by atoms with Gasteiger partial charge in [0.2, 0.25) is 5.78 Å². The Morgan fingerprint density at radius 2 is 2.05 bits per heavy atom. The van der Waals surface area contributed by atoms with Gasteiger partial charge in [-0.25, -0.2) is 4.79 Å². The predicted molar refractivity (Wildman–Crippen MR) is 72.2 cm³/mol. The van der Waals surface area contributed by atoms with Gasteiger partial charge >= 0.3 is 5.97 Å². The van der Waals surface area contributed by atoms with Gasteiger partial charge in [-0.05, 0) is 39.8 Å². The van der Waals surface area contributed by atoms with E-state index in [1.807, 2.05) is 0 Å². The molecular weight excluding hydrogens is 260 g/mol. The maximum atomic E-state index is 11.8. The molecule has 20 heavy (non-hydrogen) atoms. The lowest BCUT2D eigenvalue weighted by Gasteiger charge is -2.22. The van der Waals surface area contributed by atoms with Crippen molar-refractivity contribution in [2.45, 2.75) is 39.4 Å². The second-order valence-corrected chi connectivity index (χ2v) is 5.66. The molecule has 0 fully saturated rings. The molecule has 1 unspecified atom stereocenters. The molecule has 0 bridgehead atoms. The van der Waals surface area contributed by atoms with Gasteiger partial charge in [0, 0.05) is 6.07 Å². The van der Waals surface area contributed by atoms with E-state index in [9.17, 15) is 9.59 Å². The molecule has 5 heteroatoms. The summed E-state index contributed by atoms with van der Waals surface area (Å²) in [6, 6.07) is 4.90. The van der Waals surface area contributed by atoms with Crippen LogP contribution in [0.4, 0.5) is 0 Å². The third-order valence-electron chi connectivity index (χ3n) is 2.66. The zero-order valence-corrected chi connectivity index (χ0v) is 12.1. The molecule has 1 heterocycles. The van der Waals surface area contributed by atoms with Crippen LogP contribution in [0, 0.1) is 0 Å². The van der Waals surface area contributed by atoms with Gasteiger partial charge in [0.25, 0.3) is 0 Å². The zero-order chi connectivity index (χ0) is 14.9. The number of carbonyl (C=O) groups excluding carboxylic acids is 2. The summed E-state index contributed by atoms with van der Waals surface area (Å²) in [4.78, 5) is 23.2. The monoisotopic (exact) mass is 278 g/mol. The van der Waals surface area contributed by atoms with Crippen LogP contribution in [0.1, 0.15) is 38.1 Å². The molecule has 0 saturated carbocycles. The summed E-state index contributed by atoms with van der Waals surface area (Å²) >= 11 is 0. The molecule has 1 aromatic rings. The van der Waals surface area contributed by atoms with Crippen LogP contribution < -0.4 is 9.47 Å². The Hall–Kier alpha value is -2.04. The van der Waals surface area contributed by atoms with E-state index in [0.717, 1.165) is 0 Å². The number of fused-ring (bicyclic) bond motifs is 1. The van der Waals surface area contributed by atoms with E-state index >= 15 is 0 Å². The van der Waals surface area contributed by atoms with E-state index in [1.54, 1.807) is 45.9 Å². The van der Waals surface area contributed by atoms with Crippen molar-refractivity contribution >= 4 is 11.8 Å². The molecule has 1 atom stereocenters. The fourth-order valence-corrected chi connectivity index (χ4v) is 1.78. The van der Waals surface area contributed by atoms with Crippen LogP contribution in [0.25, 0.3) is 0 Å². The van der Waals surface area contributed by atoms with Gasteiger partial charge in [-0.3, -0.25) is 4.79 Å². The number of benzene rings is 1. The molecule has 5 nitrogen and oxygen atoms in total. The molecule has 0 amide bonds. The Morgan fingerprint density at radius 3 is 2.70 bits per heavy atom. The van der Waals surface area contributed by atoms with Crippen molar-refractivity contribution in [3.05, 3.63) is 23.8 Å². The minimum atomic E-state index is -0.732. The van der Waals surface area contributed by atoms with Crippen molar-refractivity contribution in [1.29, 1.82) is 0 Å². The number of hydrogen-bond donors (Lipinski definition) is 0. The van der Waals surface area contributed by atoms with Gasteiger partial charge in [-0.15, -0.1) is 0 Å². The minimum absolute atomic E-state index is 0.0493. The van der Waals surface area contributed by atoms with E-state index in [-0.39, 0.29) is 12.4 Å². The zero-order valence-electron chi connectivity index (χ0n) is 12.1. The molecule has 1 aromatic carbocycles. The quantitative estimate of drug-likeness (QED) is 0.794. The smallest absolute Gasteiger partial charge is 0.347 e. The van der Waals surface area contributed by atoms with Crippen molar-refractivity contribution in [2.75, 3.05) is 6.61 Å². The first kappa shape index (κ1) is 14.4. The molecule has 108 valence electrons.